The van der Waals surface area contributed by atoms with Gasteiger partial charge >= 0.3 is 0 Å². The molecule has 0 aliphatic carbocycles. The highest BCUT2D eigenvalue weighted by Gasteiger charge is 2.25. The summed E-state index contributed by atoms with van der Waals surface area (Å²) in [5, 5.41) is 0. The molecule has 3 nitrogen and oxygen atoms in total. The van der Waals surface area contributed by atoms with Gasteiger partial charge in [-0.3, -0.25) is 4.79 Å². The standard InChI is InChI=1S/C16H17NO2/c1-3-13-5-7-14(8-6-13)12-19-15-9-10-17(11-15)16(18)4-2/h1,4-8,15H,2,9-12H2/t15-/m0/s1. The second kappa shape index (κ2) is 6.21. The third-order valence-electron chi connectivity index (χ3n) is 3.24. The summed E-state index contributed by atoms with van der Waals surface area (Å²) in [7, 11) is 0. The van der Waals surface area contributed by atoms with E-state index in [1.54, 1.807) is 4.90 Å². The molecule has 0 saturated carbocycles. The van der Waals surface area contributed by atoms with E-state index in [4.69, 9.17) is 11.2 Å². The van der Waals surface area contributed by atoms with E-state index in [9.17, 15) is 4.79 Å². The Labute approximate surface area is 113 Å². The van der Waals surface area contributed by atoms with Crippen molar-refractivity contribution < 1.29 is 9.53 Å². The number of benzene rings is 1. The van der Waals surface area contributed by atoms with Crippen molar-refractivity contribution in [3.8, 4) is 12.3 Å². The van der Waals surface area contributed by atoms with Gasteiger partial charge in [-0.1, -0.05) is 24.6 Å². The maximum Gasteiger partial charge on any atom is 0.246 e. The second-order valence-electron chi connectivity index (χ2n) is 4.55. The zero-order chi connectivity index (χ0) is 13.7. The number of carbonyl (C=O) groups is 1. The van der Waals surface area contributed by atoms with E-state index in [0.29, 0.717) is 13.2 Å². The van der Waals surface area contributed by atoms with Gasteiger partial charge in [0.25, 0.3) is 0 Å². The van der Waals surface area contributed by atoms with Crippen LogP contribution in [0.2, 0.25) is 0 Å². The lowest BCUT2D eigenvalue weighted by Crippen LogP contribution is -2.28. The van der Waals surface area contributed by atoms with Gasteiger partial charge in [0, 0.05) is 18.7 Å². The number of terminal acetylenes is 1. The second-order valence-corrected chi connectivity index (χ2v) is 4.55. The van der Waals surface area contributed by atoms with Crippen LogP contribution >= 0.6 is 0 Å². The van der Waals surface area contributed by atoms with Gasteiger partial charge in [-0.2, -0.15) is 0 Å². The highest BCUT2D eigenvalue weighted by molar-refractivity contribution is 5.87. The summed E-state index contributed by atoms with van der Waals surface area (Å²) in [6.07, 6.45) is 7.64. The first kappa shape index (κ1) is 13.4. The SMILES string of the molecule is C#Cc1ccc(CO[C@H]2CCN(C(=O)C=C)C2)cc1. The summed E-state index contributed by atoms with van der Waals surface area (Å²) in [4.78, 5) is 13.2. The zero-order valence-corrected chi connectivity index (χ0v) is 10.8. The molecule has 1 aromatic rings. The maximum atomic E-state index is 11.4. The lowest BCUT2D eigenvalue weighted by atomic mass is 10.1. The molecule has 0 aromatic heterocycles. The summed E-state index contributed by atoms with van der Waals surface area (Å²) in [6, 6.07) is 7.75. The summed E-state index contributed by atoms with van der Waals surface area (Å²) >= 11 is 0. The summed E-state index contributed by atoms with van der Waals surface area (Å²) in [5.74, 6) is 2.56. The van der Waals surface area contributed by atoms with Crippen molar-refractivity contribution in [1.29, 1.82) is 0 Å². The number of nitrogens with zero attached hydrogens (tertiary/aromatic N) is 1. The highest BCUT2D eigenvalue weighted by Crippen LogP contribution is 2.15. The van der Waals surface area contributed by atoms with Crippen molar-refractivity contribution in [2.75, 3.05) is 13.1 Å². The van der Waals surface area contributed by atoms with Crippen molar-refractivity contribution in [2.24, 2.45) is 0 Å². The van der Waals surface area contributed by atoms with E-state index in [1.165, 1.54) is 6.08 Å². The van der Waals surface area contributed by atoms with E-state index in [1.807, 2.05) is 24.3 Å². The Kier molecular flexibility index (Phi) is 4.38. The molecule has 2 rings (SSSR count). The van der Waals surface area contributed by atoms with Crippen LogP contribution in [0, 0.1) is 12.3 Å². The average molecular weight is 255 g/mol. The first-order valence-electron chi connectivity index (χ1n) is 6.31. The third-order valence-corrected chi connectivity index (χ3v) is 3.24. The molecule has 1 heterocycles. The lowest BCUT2D eigenvalue weighted by molar-refractivity contribution is -0.125. The van der Waals surface area contributed by atoms with Crippen molar-refractivity contribution in [3.05, 3.63) is 48.0 Å². The molecule has 1 atom stereocenters. The lowest BCUT2D eigenvalue weighted by Gasteiger charge is -2.14. The Bertz CT molecular complexity index is 498. The van der Waals surface area contributed by atoms with E-state index in [0.717, 1.165) is 24.1 Å². The summed E-state index contributed by atoms with van der Waals surface area (Å²) in [6.45, 7) is 5.43. The molecule has 1 fully saturated rings. The number of likely N-dealkylation sites (tertiary alicyclic amines) is 1. The monoisotopic (exact) mass is 255 g/mol. The van der Waals surface area contributed by atoms with Crippen molar-refractivity contribution in [2.45, 2.75) is 19.1 Å². The number of hydrogen-bond donors (Lipinski definition) is 0. The molecule has 0 spiro atoms. The van der Waals surface area contributed by atoms with Gasteiger partial charge in [-0.15, -0.1) is 6.42 Å². The molecule has 0 radical (unpaired) electrons. The normalized spacial score (nSPS) is 18.1. The largest absolute Gasteiger partial charge is 0.372 e. The van der Waals surface area contributed by atoms with Crippen LogP contribution in [0.4, 0.5) is 0 Å². The molecule has 1 aliphatic rings. The quantitative estimate of drug-likeness (QED) is 0.608. The van der Waals surface area contributed by atoms with Crippen molar-refractivity contribution in [3.63, 3.8) is 0 Å². The van der Waals surface area contributed by atoms with Gasteiger partial charge in [0.15, 0.2) is 0 Å². The Morgan fingerprint density at radius 3 is 2.89 bits per heavy atom. The molecule has 1 saturated heterocycles. The van der Waals surface area contributed by atoms with Crippen LogP contribution in [0.5, 0.6) is 0 Å². The molecular weight excluding hydrogens is 238 g/mol. The molecule has 19 heavy (non-hydrogen) atoms. The molecular formula is C16H17NO2. The molecule has 0 bridgehead atoms. The Morgan fingerprint density at radius 2 is 2.26 bits per heavy atom. The third kappa shape index (κ3) is 3.46. The fraction of sp³-hybridized carbons (Fsp3) is 0.312. The Balaban J connectivity index is 1.81. The van der Waals surface area contributed by atoms with E-state index >= 15 is 0 Å². The number of ether oxygens (including phenoxy) is 1. The average Bonchev–Trinajstić information content (AvgIpc) is 2.93. The molecule has 1 aromatic carbocycles. The topological polar surface area (TPSA) is 29.5 Å². The van der Waals surface area contributed by atoms with E-state index in [2.05, 4.69) is 12.5 Å². The fourth-order valence-corrected chi connectivity index (χ4v) is 2.10. The summed E-state index contributed by atoms with van der Waals surface area (Å²) in [5.41, 5.74) is 1.96. The van der Waals surface area contributed by atoms with Crippen LogP contribution in [0.15, 0.2) is 36.9 Å². The predicted octanol–water partition coefficient (Wildman–Crippen LogP) is 1.97. The molecule has 1 amide bonds. The first-order valence-corrected chi connectivity index (χ1v) is 6.31. The van der Waals surface area contributed by atoms with Gasteiger partial charge < -0.3 is 9.64 Å². The maximum absolute atomic E-state index is 11.4. The minimum absolute atomic E-state index is 0.0236. The van der Waals surface area contributed by atoms with Crippen LogP contribution in [0.1, 0.15) is 17.5 Å². The molecule has 0 unspecified atom stereocenters. The summed E-state index contributed by atoms with van der Waals surface area (Å²) < 4.78 is 5.81. The smallest absolute Gasteiger partial charge is 0.246 e. The first-order chi connectivity index (χ1) is 9.22. The van der Waals surface area contributed by atoms with Crippen LogP contribution in [0.3, 0.4) is 0 Å². The Hall–Kier alpha value is -2.05. The van der Waals surface area contributed by atoms with Gasteiger partial charge in [-0.25, -0.2) is 0 Å². The van der Waals surface area contributed by atoms with Gasteiger partial charge in [0.05, 0.1) is 12.7 Å². The molecule has 3 heteroatoms. The number of carbonyl (C=O) groups excluding carboxylic acids is 1. The number of hydrogen-bond acceptors (Lipinski definition) is 2. The minimum atomic E-state index is -0.0236. The van der Waals surface area contributed by atoms with Crippen LogP contribution in [-0.2, 0) is 16.1 Å². The highest BCUT2D eigenvalue weighted by atomic mass is 16.5. The zero-order valence-electron chi connectivity index (χ0n) is 10.8. The van der Waals surface area contributed by atoms with Gasteiger partial charge in [-0.05, 0) is 30.2 Å². The van der Waals surface area contributed by atoms with Crippen LogP contribution in [0.25, 0.3) is 0 Å². The van der Waals surface area contributed by atoms with Crippen molar-refractivity contribution in [1.82, 2.24) is 4.90 Å². The molecule has 98 valence electrons. The number of rotatable bonds is 4. The van der Waals surface area contributed by atoms with E-state index in [-0.39, 0.29) is 12.0 Å². The van der Waals surface area contributed by atoms with Crippen molar-refractivity contribution >= 4 is 5.91 Å². The van der Waals surface area contributed by atoms with Crippen LogP contribution in [-0.4, -0.2) is 30.0 Å². The fourth-order valence-electron chi connectivity index (χ4n) is 2.10. The number of amides is 1. The van der Waals surface area contributed by atoms with Gasteiger partial charge in [0.2, 0.25) is 5.91 Å². The minimum Gasteiger partial charge on any atom is -0.372 e. The van der Waals surface area contributed by atoms with Gasteiger partial charge in [0.1, 0.15) is 0 Å². The van der Waals surface area contributed by atoms with Crippen LogP contribution < -0.4 is 0 Å². The Morgan fingerprint density at radius 1 is 1.53 bits per heavy atom. The molecule has 1 aliphatic heterocycles. The predicted molar refractivity (Wildman–Crippen MR) is 74.3 cm³/mol. The molecule has 0 N–H and O–H groups in total. The van der Waals surface area contributed by atoms with E-state index < -0.39 is 0 Å².